The number of sulfone groups is 1. The number of esters is 1. The Bertz CT molecular complexity index is 821. The lowest BCUT2D eigenvalue weighted by molar-refractivity contribution is -0.133. The number of carbonyl (C=O) groups is 3. The quantitative estimate of drug-likeness (QED) is 0.368. The van der Waals surface area contributed by atoms with Gasteiger partial charge in [-0.15, -0.1) is 0 Å². The second kappa shape index (κ2) is 8.17. The lowest BCUT2D eigenvalue weighted by Gasteiger charge is -2.29. The molecule has 0 saturated heterocycles. The third-order valence-corrected chi connectivity index (χ3v) is 5.44. The normalized spacial score (nSPS) is 13.6. The van der Waals surface area contributed by atoms with Gasteiger partial charge in [-0.3, -0.25) is 9.59 Å². The van der Waals surface area contributed by atoms with Crippen LogP contribution in [0.2, 0.25) is 0 Å². The number of rotatable bonds is 7. The van der Waals surface area contributed by atoms with E-state index in [0.29, 0.717) is 12.2 Å². The van der Waals surface area contributed by atoms with Gasteiger partial charge in [0.05, 0.1) is 22.9 Å². The third-order valence-electron chi connectivity index (χ3n) is 3.71. The van der Waals surface area contributed by atoms with Gasteiger partial charge in [-0.05, 0) is 12.1 Å². The molecule has 0 spiro atoms. The molecule has 0 atom stereocenters. The van der Waals surface area contributed by atoms with Gasteiger partial charge in [-0.2, -0.15) is 0 Å². The molecule has 142 valence electrons. The zero-order valence-electron chi connectivity index (χ0n) is 14.6. The van der Waals surface area contributed by atoms with Crippen LogP contribution in [0.4, 0.5) is 5.69 Å². The van der Waals surface area contributed by atoms with Crippen LogP contribution in [0.15, 0.2) is 23.1 Å². The molecular formula is C16H21N3O6S. The summed E-state index contributed by atoms with van der Waals surface area (Å²) in [5.41, 5.74) is 0.469. The lowest BCUT2D eigenvalue weighted by atomic mass is 10.2. The van der Waals surface area contributed by atoms with Gasteiger partial charge in [0.1, 0.15) is 6.54 Å². The van der Waals surface area contributed by atoms with Gasteiger partial charge in [-0.1, -0.05) is 6.92 Å². The molecule has 1 aliphatic rings. The van der Waals surface area contributed by atoms with Crippen LogP contribution in [0.3, 0.4) is 0 Å². The molecule has 10 heteroatoms. The monoisotopic (exact) mass is 383 g/mol. The Morgan fingerprint density at radius 3 is 2.58 bits per heavy atom. The summed E-state index contributed by atoms with van der Waals surface area (Å²) in [7, 11) is -3.44. The van der Waals surface area contributed by atoms with E-state index >= 15 is 0 Å². The summed E-state index contributed by atoms with van der Waals surface area (Å²) < 4.78 is 29.1. The average molecular weight is 383 g/mol. The average Bonchev–Trinajstić information content (AvgIpc) is 2.57. The maximum atomic E-state index is 12.0. The lowest BCUT2D eigenvalue weighted by Crippen LogP contribution is -2.44. The zero-order chi connectivity index (χ0) is 19.3. The summed E-state index contributed by atoms with van der Waals surface area (Å²) in [6, 6.07) is 4.25. The summed E-state index contributed by atoms with van der Waals surface area (Å²) in [6.07, 6.45) is 0. The van der Waals surface area contributed by atoms with Crippen LogP contribution in [-0.4, -0.2) is 58.1 Å². The predicted octanol–water partition coefficient (Wildman–Crippen LogP) is -0.542. The minimum absolute atomic E-state index is 0.0631. The minimum Gasteiger partial charge on any atom is -0.423 e. The van der Waals surface area contributed by atoms with Crippen molar-refractivity contribution in [1.29, 1.82) is 0 Å². The Labute approximate surface area is 151 Å². The molecule has 0 radical (unpaired) electrons. The van der Waals surface area contributed by atoms with E-state index < -0.39 is 15.8 Å². The Morgan fingerprint density at radius 2 is 1.92 bits per heavy atom. The highest BCUT2D eigenvalue weighted by Crippen LogP contribution is 2.34. The Morgan fingerprint density at radius 1 is 1.23 bits per heavy atom. The van der Waals surface area contributed by atoms with Crippen LogP contribution in [0.1, 0.15) is 13.8 Å². The first-order valence-corrected chi connectivity index (χ1v) is 9.71. The number of nitrogens with one attached hydrogen (secondary N) is 2. The second-order valence-electron chi connectivity index (χ2n) is 5.70. The fourth-order valence-electron chi connectivity index (χ4n) is 2.40. The molecule has 0 fully saturated rings. The molecule has 0 bridgehead atoms. The molecule has 1 aliphatic heterocycles. The van der Waals surface area contributed by atoms with Crippen molar-refractivity contribution >= 4 is 33.3 Å². The van der Waals surface area contributed by atoms with E-state index in [1.165, 1.54) is 36.9 Å². The fraction of sp³-hybridized carbons (Fsp3) is 0.438. The number of carbonyl (C=O) groups excluding carboxylic acids is 3. The first-order valence-electron chi connectivity index (χ1n) is 8.06. The van der Waals surface area contributed by atoms with Crippen molar-refractivity contribution in [2.45, 2.75) is 18.7 Å². The molecule has 1 aromatic rings. The Kier molecular flexibility index (Phi) is 6.19. The summed E-state index contributed by atoms with van der Waals surface area (Å²) in [4.78, 5) is 36.2. The van der Waals surface area contributed by atoms with Crippen LogP contribution in [-0.2, 0) is 24.2 Å². The fourth-order valence-corrected chi connectivity index (χ4v) is 3.30. The van der Waals surface area contributed by atoms with E-state index in [4.69, 9.17) is 4.74 Å². The van der Waals surface area contributed by atoms with Gasteiger partial charge in [0.2, 0.25) is 11.8 Å². The maximum Gasteiger partial charge on any atom is 0.331 e. The molecule has 2 amide bonds. The topological polar surface area (TPSA) is 122 Å². The van der Waals surface area contributed by atoms with Crippen LogP contribution in [0, 0.1) is 0 Å². The van der Waals surface area contributed by atoms with Crippen molar-refractivity contribution < 1.29 is 27.5 Å². The van der Waals surface area contributed by atoms with E-state index in [9.17, 15) is 22.8 Å². The van der Waals surface area contributed by atoms with Gasteiger partial charge in [-0.25, -0.2) is 13.2 Å². The van der Waals surface area contributed by atoms with E-state index in [-0.39, 0.29) is 47.8 Å². The molecule has 26 heavy (non-hydrogen) atoms. The van der Waals surface area contributed by atoms with E-state index in [1.54, 1.807) is 0 Å². The molecule has 1 heterocycles. The van der Waals surface area contributed by atoms with Crippen LogP contribution >= 0.6 is 0 Å². The van der Waals surface area contributed by atoms with Crippen molar-refractivity contribution in [3.63, 3.8) is 0 Å². The number of benzene rings is 1. The number of nitrogens with zero attached hydrogens (tertiary/aromatic N) is 1. The highest BCUT2D eigenvalue weighted by Gasteiger charge is 2.27. The third kappa shape index (κ3) is 4.94. The molecule has 1 aromatic carbocycles. The zero-order valence-corrected chi connectivity index (χ0v) is 15.4. The van der Waals surface area contributed by atoms with Crippen LogP contribution in [0.5, 0.6) is 5.75 Å². The van der Waals surface area contributed by atoms with Gasteiger partial charge in [0.15, 0.2) is 15.6 Å². The SMILES string of the molecule is CCS(=O)(=O)c1ccc2c(c1)OC(=O)CN2CC(=O)NCCNC(C)=O. The van der Waals surface area contributed by atoms with Gasteiger partial charge < -0.3 is 20.3 Å². The first kappa shape index (κ1) is 19.7. The molecule has 9 nitrogen and oxygen atoms in total. The molecule has 0 aliphatic carbocycles. The van der Waals surface area contributed by atoms with Crippen molar-refractivity contribution in [3.8, 4) is 5.75 Å². The van der Waals surface area contributed by atoms with Crippen molar-refractivity contribution in [3.05, 3.63) is 18.2 Å². The van der Waals surface area contributed by atoms with Gasteiger partial charge >= 0.3 is 5.97 Å². The number of amides is 2. The van der Waals surface area contributed by atoms with E-state index in [0.717, 1.165) is 0 Å². The summed E-state index contributed by atoms with van der Waals surface area (Å²) >= 11 is 0. The predicted molar refractivity (Wildman–Crippen MR) is 93.7 cm³/mol. The van der Waals surface area contributed by atoms with Crippen LogP contribution < -0.4 is 20.3 Å². The number of anilines is 1. The standard InChI is InChI=1S/C16H21N3O6S/c1-3-26(23,24)12-4-5-13-14(8-12)25-16(22)10-19(13)9-15(21)18-7-6-17-11(2)20/h4-5,8H,3,6-7,9-10H2,1-2H3,(H,17,20)(H,18,21). The number of ether oxygens (including phenoxy) is 1. The molecule has 2 rings (SSSR count). The molecule has 0 unspecified atom stereocenters. The molecular weight excluding hydrogens is 362 g/mol. The molecule has 0 saturated carbocycles. The van der Waals surface area contributed by atoms with Crippen molar-refractivity contribution in [1.82, 2.24) is 10.6 Å². The second-order valence-corrected chi connectivity index (χ2v) is 7.97. The molecule has 0 aromatic heterocycles. The van der Waals surface area contributed by atoms with Gasteiger partial charge in [0, 0.05) is 26.1 Å². The number of hydrogen-bond donors (Lipinski definition) is 2. The van der Waals surface area contributed by atoms with Crippen LogP contribution in [0.25, 0.3) is 0 Å². The number of hydrogen-bond acceptors (Lipinski definition) is 7. The highest BCUT2D eigenvalue weighted by molar-refractivity contribution is 7.91. The van der Waals surface area contributed by atoms with E-state index in [1.807, 2.05) is 0 Å². The smallest absolute Gasteiger partial charge is 0.331 e. The Balaban J connectivity index is 2.09. The molecule has 2 N–H and O–H groups in total. The van der Waals surface area contributed by atoms with Crippen molar-refractivity contribution in [2.75, 3.05) is 36.8 Å². The largest absolute Gasteiger partial charge is 0.423 e. The summed E-state index contributed by atoms with van der Waals surface area (Å²) in [5, 5.41) is 5.19. The highest BCUT2D eigenvalue weighted by atomic mass is 32.2. The summed E-state index contributed by atoms with van der Waals surface area (Å²) in [5.74, 6) is -1.05. The first-order chi connectivity index (χ1) is 12.2. The Hall–Kier alpha value is -2.62. The number of fused-ring (bicyclic) bond motifs is 1. The van der Waals surface area contributed by atoms with Crippen molar-refractivity contribution in [2.24, 2.45) is 0 Å². The van der Waals surface area contributed by atoms with E-state index in [2.05, 4.69) is 10.6 Å². The minimum atomic E-state index is -3.44. The summed E-state index contributed by atoms with van der Waals surface area (Å²) in [6.45, 7) is 3.26. The van der Waals surface area contributed by atoms with Gasteiger partial charge in [0.25, 0.3) is 0 Å². The maximum absolute atomic E-state index is 12.0.